The zero-order valence-electron chi connectivity index (χ0n) is 16.1. The van der Waals surface area contributed by atoms with Gasteiger partial charge in [0.05, 0.1) is 6.04 Å². The minimum atomic E-state index is -0.907. The van der Waals surface area contributed by atoms with Crippen molar-refractivity contribution in [3.63, 3.8) is 0 Å². The fourth-order valence-corrected chi connectivity index (χ4v) is 2.33. The Bertz CT molecular complexity index is 717. The van der Waals surface area contributed by atoms with Gasteiger partial charge in [-0.3, -0.25) is 24.5 Å². The number of nitrogens with two attached hydrogens (primary N) is 2. The lowest BCUT2D eigenvalue weighted by Gasteiger charge is -2.25. The van der Waals surface area contributed by atoms with Crippen LogP contribution >= 0.6 is 0 Å². The van der Waals surface area contributed by atoms with Crippen LogP contribution in [0, 0.1) is 11.8 Å². The van der Waals surface area contributed by atoms with E-state index in [2.05, 4.69) is 10.6 Å². The van der Waals surface area contributed by atoms with Crippen molar-refractivity contribution in [2.75, 3.05) is 0 Å². The molecule has 1 aromatic carbocycles. The highest BCUT2D eigenvalue weighted by atomic mass is 16.2. The summed E-state index contributed by atoms with van der Waals surface area (Å²) in [6, 6.07) is 4.06. The SMILES string of the molecule is CC[C@H](C)[C@H](NC(=O)[C@@H](N)C(C)C)C(=O)NC(=O)c1cccc(C(N)=O)c1. The summed E-state index contributed by atoms with van der Waals surface area (Å²) in [6.45, 7) is 7.27. The van der Waals surface area contributed by atoms with Crippen molar-refractivity contribution in [1.82, 2.24) is 10.6 Å². The second-order valence-electron chi connectivity index (χ2n) is 6.91. The predicted molar refractivity (Wildman–Crippen MR) is 102 cm³/mol. The van der Waals surface area contributed by atoms with Crippen LogP contribution in [0.15, 0.2) is 24.3 Å². The number of carbonyl (C=O) groups excluding carboxylic acids is 4. The number of amides is 4. The van der Waals surface area contributed by atoms with E-state index in [1.54, 1.807) is 20.8 Å². The number of hydrogen-bond acceptors (Lipinski definition) is 5. The molecular formula is C19H28N4O4. The molecule has 1 aromatic rings. The molecule has 8 nitrogen and oxygen atoms in total. The van der Waals surface area contributed by atoms with Gasteiger partial charge in [-0.2, -0.15) is 0 Å². The molecule has 0 saturated heterocycles. The van der Waals surface area contributed by atoms with Crippen LogP contribution in [-0.2, 0) is 9.59 Å². The quantitative estimate of drug-likeness (QED) is 0.524. The summed E-state index contributed by atoms with van der Waals surface area (Å²) in [7, 11) is 0. The number of benzene rings is 1. The van der Waals surface area contributed by atoms with Crippen LogP contribution in [0.4, 0.5) is 0 Å². The van der Waals surface area contributed by atoms with E-state index < -0.39 is 35.7 Å². The van der Waals surface area contributed by atoms with Crippen molar-refractivity contribution in [2.24, 2.45) is 23.3 Å². The first kappa shape index (κ1) is 22.3. The molecule has 0 aliphatic carbocycles. The molecule has 4 amide bonds. The highest BCUT2D eigenvalue weighted by Gasteiger charge is 2.30. The maximum Gasteiger partial charge on any atom is 0.257 e. The first-order valence-corrected chi connectivity index (χ1v) is 8.89. The summed E-state index contributed by atoms with van der Waals surface area (Å²) in [5, 5.41) is 4.90. The molecule has 0 spiro atoms. The second-order valence-corrected chi connectivity index (χ2v) is 6.91. The van der Waals surface area contributed by atoms with Gasteiger partial charge < -0.3 is 16.8 Å². The van der Waals surface area contributed by atoms with Gasteiger partial charge in [-0.1, -0.05) is 40.2 Å². The Morgan fingerprint density at radius 2 is 1.63 bits per heavy atom. The zero-order valence-corrected chi connectivity index (χ0v) is 16.1. The van der Waals surface area contributed by atoms with Gasteiger partial charge in [0.2, 0.25) is 17.7 Å². The largest absolute Gasteiger partial charge is 0.366 e. The van der Waals surface area contributed by atoms with Gasteiger partial charge in [0.25, 0.3) is 5.91 Å². The van der Waals surface area contributed by atoms with Crippen molar-refractivity contribution in [2.45, 2.75) is 46.2 Å². The smallest absolute Gasteiger partial charge is 0.257 e. The third-order valence-electron chi connectivity index (χ3n) is 4.46. The van der Waals surface area contributed by atoms with E-state index in [1.165, 1.54) is 24.3 Å². The van der Waals surface area contributed by atoms with Crippen LogP contribution in [0.5, 0.6) is 0 Å². The molecule has 148 valence electrons. The topological polar surface area (TPSA) is 144 Å². The molecule has 0 aliphatic rings. The Morgan fingerprint density at radius 3 is 2.15 bits per heavy atom. The third kappa shape index (κ3) is 6.18. The van der Waals surface area contributed by atoms with Crippen molar-refractivity contribution in [3.8, 4) is 0 Å². The minimum absolute atomic E-state index is 0.0937. The van der Waals surface area contributed by atoms with Gasteiger partial charge >= 0.3 is 0 Å². The number of imide groups is 1. The summed E-state index contributed by atoms with van der Waals surface area (Å²) < 4.78 is 0. The van der Waals surface area contributed by atoms with Gasteiger partial charge in [-0.05, 0) is 30.0 Å². The first-order chi connectivity index (χ1) is 12.6. The normalized spacial score (nSPS) is 14.1. The molecular weight excluding hydrogens is 348 g/mol. The summed E-state index contributed by atoms with van der Waals surface area (Å²) in [6.07, 6.45) is 0.612. The van der Waals surface area contributed by atoms with Crippen LogP contribution in [-0.4, -0.2) is 35.7 Å². The maximum atomic E-state index is 12.6. The van der Waals surface area contributed by atoms with Crippen molar-refractivity contribution in [1.29, 1.82) is 0 Å². The van der Waals surface area contributed by atoms with E-state index in [0.717, 1.165) is 0 Å². The number of primary amides is 1. The van der Waals surface area contributed by atoms with E-state index in [0.29, 0.717) is 6.42 Å². The van der Waals surface area contributed by atoms with Crippen LogP contribution in [0.2, 0.25) is 0 Å². The number of carbonyl (C=O) groups is 4. The van der Waals surface area contributed by atoms with Crippen LogP contribution < -0.4 is 22.1 Å². The maximum absolute atomic E-state index is 12.6. The number of nitrogens with one attached hydrogen (secondary N) is 2. The van der Waals surface area contributed by atoms with Crippen LogP contribution in [0.1, 0.15) is 54.8 Å². The molecule has 3 atom stereocenters. The summed E-state index contributed by atoms with van der Waals surface area (Å²) in [4.78, 5) is 48.4. The van der Waals surface area contributed by atoms with Gasteiger partial charge in [0, 0.05) is 11.1 Å². The molecule has 0 aliphatic heterocycles. The molecule has 0 unspecified atom stereocenters. The van der Waals surface area contributed by atoms with E-state index in [-0.39, 0.29) is 23.0 Å². The third-order valence-corrected chi connectivity index (χ3v) is 4.46. The van der Waals surface area contributed by atoms with Crippen LogP contribution in [0.25, 0.3) is 0 Å². The molecule has 0 aromatic heterocycles. The Hall–Kier alpha value is -2.74. The molecule has 0 fully saturated rings. The number of hydrogen-bond donors (Lipinski definition) is 4. The second kappa shape index (κ2) is 9.82. The Kier molecular flexibility index (Phi) is 8.11. The molecule has 0 saturated carbocycles. The van der Waals surface area contributed by atoms with Gasteiger partial charge in [0.15, 0.2) is 0 Å². The van der Waals surface area contributed by atoms with Gasteiger partial charge in [0.1, 0.15) is 6.04 Å². The number of rotatable bonds is 8. The standard InChI is InChI=1S/C19H28N4O4/c1-5-11(4)15(22-18(26)14(20)10(2)3)19(27)23-17(25)13-8-6-7-12(9-13)16(21)24/h6-11,14-15H,5,20H2,1-4H3,(H2,21,24)(H,22,26)(H,23,25,27)/t11-,14-,15-/m0/s1. The summed E-state index contributed by atoms with van der Waals surface area (Å²) in [5.41, 5.74) is 11.3. The lowest BCUT2D eigenvalue weighted by Crippen LogP contribution is -2.56. The van der Waals surface area contributed by atoms with Crippen molar-refractivity contribution >= 4 is 23.6 Å². The fraction of sp³-hybridized carbons (Fsp3) is 0.474. The van der Waals surface area contributed by atoms with E-state index >= 15 is 0 Å². The monoisotopic (exact) mass is 376 g/mol. The van der Waals surface area contributed by atoms with E-state index in [4.69, 9.17) is 11.5 Å². The van der Waals surface area contributed by atoms with E-state index in [9.17, 15) is 19.2 Å². The van der Waals surface area contributed by atoms with E-state index in [1.807, 2.05) is 6.92 Å². The van der Waals surface area contributed by atoms with Crippen molar-refractivity contribution < 1.29 is 19.2 Å². The molecule has 0 bridgehead atoms. The molecule has 0 heterocycles. The Morgan fingerprint density at radius 1 is 1.04 bits per heavy atom. The Balaban J connectivity index is 2.93. The lowest BCUT2D eigenvalue weighted by molar-refractivity contribution is -0.130. The average molecular weight is 376 g/mol. The molecule has 6 N–H and O–H groups in total. The Labute approximate surface area is 159 Å². The summed E-state index contributed by atoms with van der Waals surface area (Å²) >= 11 is 0. The highest BCUT2D eigenvalue weighted by Crippen LogP contribution is 2.11. The molecule has 27 heavy (non-hydrogen) atoms. The van der Waals surface area contributed by atoms with Crippen LogP contribution in [0.3, 0.4) is 0 Å². The van der Waals surface area contributed by atoms with Gasteiger partial charge in [-0.25, -0.2) is 0 Å². The highest BCUT2D eigenvalue weighted by molar-refractivity contribution is 6.08. The van der Waals surface area contributed by atoms with Gasteiger partial charge in [-0.15, -0.1) is 0 Å². The first-order valence-electron chi connectivity index (χ1n) is 8.89. The van der Waals surface area contributed by atoms with Crippen molar-refractivity contribution in [3.05, 3.63) is 35.4 Å². The molecule has 1 rings (SSSR count). The fourth-order valence-electron chi connectivity index (χ4n) is 2.33. The molecule has 8 heteroatoms. The predicted octanol–water partition coefficient (Wildman–Crippen LogP) is 0.556. The zero-order chi connectivity index (χ0) is 20.7. The average Bonchev–Trinajstić information content (AvgIpc) is 2.64. The lowest BCUT2D eigenvalue weighted by atomic mass is 9.96. The summed E-state index contributed by atoms with van der Waals surface area (Å²) in [5.74, 6) is -2.75. The molecule has 0 radical (unpaired) electrons. The minimum Gasteiger partial charge on any atom is -0.366 e.